The van der Waals surface area contributed by atoms with Crippen LogP contribution in [0.25, 0.3) is 0 Å². The summed E-state index contributed by atoms with van der Waals surface area (Å²) < 4.78 is 1.80. The van der Waals surface area contributed by atoms with Crippen LogP contribution < -0.4 is 0 Å². The maximum absolute atomic E-state index is 11.0. The SMILES string of the molecule is CC(C)n1cc(C2(C(=O)O)CC2)cn1. The number of carboxylic acids is 1. The van der Waals surface area contributed by atoms with E-state index in [0.717, 1.165) is 18.4 Å². The monoisotopic (exact) mass is 194 g/mol. The molecule has 0 atom stereocenters. The van der Waals surface area contributed by atoms with Gasteiger partial charge in [-0.1, -0.05) is 0 Å². The summed E-state index contributed by atoms with van der Waals surface area (Å²) in [7, 11) is 0. The highest BCUT2D eigenvalue weighted by Crippen LogP contribution is 2.48. The van der Waals surface area contributed by atoms with Crippen molar-refractivity contribution in [3.05, 3.63) is 18.0 Å². The highest BCUT2D eigenvalue weighted by molar-refractivity contribution is 5.84. The van der Waals surface area contributed by atoms with Crippen LogP contribution in [-0.2, 0) is 10.2 Å². The molecule has 1 fully saturated rings. The van der Waals surface area contributed by atoms with Crippen LogP contribution in [0, 0.1) is 0 Å². The van der Waals surface area contributed by atoms with Gasteiger partial charge in [0.1, 0.15) is 0 Å². The Labute approximate surface area is 82.5 Å². The van der Waals surface area contributed by atoms with Crippen LogP contribution in [0.5, 0.6) is 0 Å². The van der Waals surface area contributed by atoms with E-state index in [2.05, 4.69) is 5.10 Å². The highest BCUT2D eigenvalue weighted by Gasteiger charge is 2.52. The first-order chi connectivity index (χ1) is 6.56. The van der Waals surface area contributed by atoms with Crippen LogP contribution in [0.15, 0.2) is 12.4 Å². The van der Waals surface area contributed by atoms with E-state index in [4.69, 9.17) is 5.11 Å². The number of carboxylic acid groups (broad SMARTS) is 1. The standard InChI is InChI=1S/C10H14N2O2/c1-7(2)12-6-8(5-11-12)10(3-4-10)9(13)14/h5-7H,3-4H2,1-2H3,(H,13,14). The van der Waals surface area contributed by atoms with E-state index in [1.165, 1.54) is 0 Å². The first-order valence-corrected chi connectivity index (χ1v) is 4.84. The van der Waals surface area contributed by atoms with Crippen molar-refractivity contribution in [2.24, 2.45) is 0 Å². The fourth-order valence-electron chi connectivity index (χ4n) is 1.62. The molecule has 0 radical (unpaired) electrons. The molecule has 0 unspecified atom stereocenters. The molecular weight excluding hydrogens is 180 g/mol. The second-order valence-electron chi connectivity index (χ2n) is 4.19. The minimum Gasteiger partial charge on any atom is -0.481 e. The van der Waals surface area contributed by atoms with E-state index in [0.29, 0.717) is 0 Å². The Kier molecular flexibility index (Phi) is 1.87. The minimum atomic E-state index is -0.721. The van der Waals surface area contributed by atoms with Crippen molar-refractivity contribution < 1.29 is 9.90 Å². The Morgan fingerprint density at radius 3 is 2.64 bits per heavy atom. The first-order valence-electron chi connectivity index (χ1n) is 4.84. The second-order valence-corrected chi connectivity index (χ2v) is 4.19. The molecule has 0 bridgehead atoms. The molecule has 0 saturated heterocycles. The van der Waals surface area contributed by atoms with Gasteiger partial charge in [-0.3, -0.25) is 9.48 Å². The minimum absolute atomic E-state index is 0.286. The van der Waals surface area contributed by atoms with Crippen LogP contribution in [0.4, 0.5) is 0 Å². The summed E-state index contributed by atoms with van der Waals surface area (Å²) in [5.74, 6) is -0.721. The zero-order chi connectivity index (χ0) is 10.3. The van der Waals surface area contributed by atoms with Gasteiger partial charge in [-0.2, -0.15) is 5.10 Å². The number of aliphatic carboxylic acids is 1. The molecule has 4 nitrogen and oxygen atoms in total. The van der Waals surface area contributed by atoms with E-state index in [1.54, 1.807) is 10.9 Å². The third-order valence-electron chi connectivity index (χ3n) is 2.84. The topological polar surface area (TPSA) is 55.1 Å². The van der Waals surface area contributed by atoms with Crippen molar-refractivity contribution in [1.82, 2.24) is 9.78 Å². The summed E-state index contributed by atoms with van der Waals surface area (Å²) in [5, 5.41) is 13.2. The molecule has 0 amide bonds. The van der Waals surface area contributed by atoms with Gasteiger partial charge in [0.25, 0.3) is 0 Å². The quantitative estimate of drug-likeness (QED) is 0.794. The largest absolute Gasteiger partial charge is 0.481 e. The zero-order valence-electron chi connectivity index (χ0n) is 8.40. The summed E-state index contributed by atoms with van der Waals surface area (Å²) in [4.78, 5) is 11.0. The van der Waals surface area contributed by atoms with Gasteiger partial charge in [-0.15, -0.1) is 0 Å². The lowest BCUT2D eigenvalue weighted by atomic mass is 10.0. The molecular formula is C10H14N2O2. The molecule has 1 N–H and O–H groups in total. The predicted octanol–water partition coefficient (Wildman–Crippen LogP) is 1.58. The van der Waals surface area contributed by atoms with Crippen LogP contribution in [0.1, 0.15) is 38.3 Å². The third kappa shape index (κ3) is 1.22. The summed E-state index contributed by atoms with van der Waals surface area (Å²) in [6.07, 6.45) is 5.02. The molecule has 14 heavy (non-hydrogen) atoms. The molecule has 1 aliphatic rings. The van der Waals surface area contributed by atoms with Gasteiger partial charge in [-0.25, -0.2) is 0 Å². The van der Waals surface area contributed by atoms with E-state index < -0.39 is 11.4 Å². The zero-order valence-corrected chi connectivity index (χ0v) is 8.40. The van der Waals surface area contributed by atoms with Crippen LogP contribution in [0.2, 0.25) is 0 Å². The molecule has 1 aromatic rings. The summed E-state index contributed by atoms with van der Waals surface area (Å²) in [5.41, 5.74) is 0.228. The molecule has 2 rings (SSSR count). The molecule has 0 aromatic carbocycles. The van der Waals surface area contributed by atoms with Crippen LogP contribution in [0.3, 0.4) is 0 Å². The maximum atomic E-state index is 11.0. The van der Waals surface area contributed by atoms with Crippen molar-refractivity contribution >= 4 is 5.97 Å². The molecule has 0 aliphatic heterocycles. The van der Waals surface area contributed by atoms with Gasteiger partial charge < -0.3 is 5.11 Å². The van der Waals surface area contributed by atoms with Gasteiger partial charge in [0.2, 0.25) is 0 Å². The first kappa shape index (κ1) is 9.24. The second kappa shape index (κ2) is 2.83. The molecule has 1 aliphatic carbocycles. The molecule has 1 aromatic heterocycles. The lowest BCUT2D eigenvalue weighted by Gasteiger charge is -2.06. The van der Waals surface area contributed by atoms with Gasteiger partial charge in [0, 0.05) is 17.8 Å². The van der Waals surface area contributed by atoms with Crippen LogP contribution in [-0.4, -0.2) is 20.9 Å². The summed E-state index contributed by atoms with van der Waals surface area (Å²) >= 11 is 0. The van der Waals surface area contributed by atoms with E-state index in [1.807, 2.05) is 20.0 Å². The van der Waals surface area contributed by atoms with Gasteiger partial charge in [0.05, 0.1) is 11.6 Å². The Hall–Kier alpha value is -1.32. The molecule has 1 heterocycles. The summed E-state index contributed by atoms with van der Waals surface area (Å²) in [6.45, 7) is 4.05. The smallest absolute Gasteiger partial charge is 0.314 e. The molecule has 0 spiro atoms. The van der Waals surface area contributed by atoms with E-state index in [9.17, 15) is 4.79 Å². The Bertz CT molecular complexity index is 364. The molecule has 4 heteroatoms. The number of aromatic nitrogens is 2. The number of hydrogen-bond donors (Lipinski definition) is 1. The third-order valence-corrected chi connectivity index (χ3v) is 2.84. The number of hydrogen-bond acceptors (Lipinski definition) is 2. The number of carbonyl (C=O) groups is 1. The van der Waals surface area contributed by atoms with Gasteiger partial charge in [-0.05, 0) is 26.7 Å². The van der Waals surface area contributed by atoms with Crippen LogP contribution >= 0.6 is 0 Å². The van der Waals surface area contributed by atoms with E-state index in [-0.39, 0.29) is 6.04 Å². The fourth-order valence-corrected chi connectivity index (χ4v) is 1.62. The summed E-state index contributed by atoms with van der Waals surface area (Å²) in [6, 6.07) is 0.286. The van der Waals surface area contributed by atoms with Crippen molar-refractivity contribution in [3.63, 3.8) is 0 Å². The lowest BCUT2D eigenvalue weighted by Crippen LogP contribution is -2.18. The highest BCUT2D eigenvalue weighted by atomic mass is 16.4. The van der Waals surface area contributed by atoms with Gasteiger partial charge >= 0.3 is 5.97 Å². The molecule has 76 valence electrons. The average Bonchev–Trinajstić information content (AvgIpc) is 2.77. The van der Waals surface area contributed by atoms with Crippen molar-refractivity contribution in [1.29, 1.82) is 0 Å². The molecule has 1 saturated carbocycles. The normalized spacial score (nSPS) is 18.5. The number of rotatable bonds is 3. The van der Waals surface area contributed by atoms with Crippen molar-refractivity contribution in [2.45, 2.75) is 38.1 Å². The Balaban J connectivity index is 2.30. The van der Waals surface area contributed by atoms with Gasteiger partial charge in [0.15, 0.2) is 0 Å². The lowest BCUT2D eigenvalue weighted by molar-refractivity contribution is -0.140. The fraction of sp³-hybridized carbons (Fsp3) is 0.600. The van der Waals surface area contributed by atoms with E-state index >= 15 is 0 Å². The Morgan fingerprint density at radius 1 is 1.64 bits per heavy atom. The van der Waals surface area contributed by atoms with Crippen molar-refractivity contribution in [2.75, 3.05) is 0 Å². The Morgan fingerprint density at radius 2 is 2.29 bits per heavy atom. The predicted molar refractivity (Wildman–Crippen MR) is 51.2 cm³/mol. The average molecular weight is 194 g/mol. The number of nitrogens with zero attached hydrogens (tertiary/aromatic N) is 2. The van der Waals surface area contributed by atoms with Crippen molar-refractivity contribution in [3.8, 4) is 0 Å². The maximum Gasteiger partial charge on any atom is 0.314 e.